The predicted octanol–water partition coefficient (Wildman–Crippen LogP) is 3.55. The molecule has 0 N–H and O–H groups in total. The highest BCUT2D eigenvalue weighted by Gasteiger charge is 2.19. The standard InChI is InChI=1S/C16H15IO4/c1-19-11-5-6-12(15(9-11)21-3)16(18)13-8-10(17)4-7-14(13)20-2/h4-9H,1-3H3. The average molecular weight is 398 g/mol. The van der Waals surface area contributed by atoms with Gasteiger partial charge in [0, 0.05) is 9.64 Å². The second-order valence-corrected chi connectivity index (χ2v) is 5.49. The van der Waals surface area contributed by atoms with Gasteiger partial charge in [0.25, 0.3) is 0 Å². The van der Waals surface area contributed by atoms with Crippen LogP contribution in [0, 0.1) is 3.57 Å². The van der Waals surface area contributed by atoms with E-state index in [4.69, 9.17) is 14.2 Å². The topological polar surface area (TPSA) is 44.8 Å². The van der Waals surface area contributed by atoms with Gasteiger partial charge in [-0.2, -0.15) is 0 Å². The molecule has 0 saturated carbocycles. The second kappa shape index (κ2) is 6.80. The van der Waals surface area contributed by atoms with E-state index in [0.29, 0.717) is 28.4 Å². The van der Waals surface area contributed by atoms with E-state index in [-0.39, 0.29) is 5.78 Å². The van der Waals surface area contributed by atoms with E-state index in [1.54, 1.807) is 44.6 Å². The number of hydrogen-bond donors (Lipinski definition) is 0. The summed E-state index contributed by atoms with van der Waals surface area (Å²) in [5, 5.41) is 0. The molecule has 0 unspecified atom stereocenters. The average Bonchev–Trinajstić information content (AvgIpc) is 2.53. The largest absolute Gasteiger partial charge is 0.497 e. The van der Waals surface area contributed by atoms with Crippen LogP contribution < -0.4 is 14.2 Å². The van der Waals surface area contributed by atoms with Crippen molar-refractivity contribution in [2.45, 2.75) is 0 Å². The van der Waals surface area contributed by atoms with Crippen LogP contribution in [-0.4, -0.2) is 27.1 Å². The number of rotatable bonds is 5. The van der Waals surface area contributed by atoms with Crippen molar-refractivity contribution in [3.8, 4) is 17.2 Å². The van der Waals surface area contributed by atoms with Crippen molar-refractivity contribution >= 4 is 28.4 Å². The first-order chi connectivity index (χ1) is 10.1. The SMILES string of the molecule is COc1ccc(C(=O)c2cc(I)ccc2OC)c(OC)c1. The van der Waals surface area contributed by atoms with Crippen LogP contribution in [0.3, 0.4) is 0 Å². The van der Waals surface area contributed by atoms with Crippen LogP contribution in [0.2, 0.25) is 0 Å². The van der Waals surface area contributed by atoms with Gasteiger partial charge in [-0.3, -0.25) is 4.79 Å². The number of ether oxygens (including phenoxy) is 3. The van der Waals surface area contributed by atoms with Gasteiger partial charge in [-0.05, 0) is 52.9 Å². The van der Waals surface area contributed by atoms with E-state index >= 15 is 0 Å². The first-order valence-corrected chi connectivity index (χ1v) is 7.29. The van der Waals surface area contributed by atoms with Crippen molar-refractivity contribution in [1.29, 1.82) is 0 Å². The molecule has 21 heavy (non-hydrogen) atoms. The van der Waals surface area contributed by atoms with Gasteiger partial charge < -0.3 is 14.2 Å². The number of ketones is 1. The molecule has 2 rings (SSSR count). The summed E-state index contributed by atoms with van der Waals surface area (Å²) >= 11 is 2.16. The Bertz CT molecular complexity index is 667. The van der Waals surface area contributed by atoms with Gasteiger partial charge in [0.1, 0.15) is 17.2 Å². The van der Waals surface area contributed by atoms with Crippen LogP contribution in [0.5, 0.6) is 17.2 Å². The van der Waals surface area contributed by atoms with Gasteiger partial charge in [-0.25, -0.2) is 0 Å². The third-order valence-corrected chi connectivity index (χ3v) is 3.73. The summed E-state index contributed by atoms with van der Waals surface area (Å²) in [6, 6.07) is 10.6. The highest BCUT2D eigenvalue weighted by molar-refractivity contribution is 14.1. The van der Waals surface area contributed by atoms with E-state index in [0.717, 1.165) is 3.57 Å². The Hall–Kier alpha value is -1.76. The molecule has 2 aromatic carbocycles. The molecule has 0 bridgehead atoms. The zero-order valence-electron chi connectivity index (χ0n) is 12.0. The molecule has 110 valence electrons. The number of carbonyl (C=O) groups is 1. The first kappa shape index (κ1) is 15.6. The molecule has 0 radical (unpaired) electrons. The molecular formula is C16H15IO4. The van der Waals surface area contributed by atoms with Crippen molar-refractivity contribution in [2.24, 2.45) is 0 Å². The number of carbonyl (C=O) groups excluding carboxylic acids is 1. The monoisotopic (exact) mass is 398 g/mol. The Kier molecular flexibility index (Phi) is 5.06. The van der Waals surface area contributed by atoms with Crippen molar-refractivity contribution in [1.82, 2.24) is 0 Å². The maximum absolute atomic E-state index is 12.8. The van der Waals surface area contributed by atoms with Crippen LogP contribution in [-0.2, 0) is 0 Å². The Morgan fingerprint density at radius 3 is 2.19 bits per heavy atom. The van der Waals surface area contributed by atoms with Crippen molar-refractivity contribution < 1.29 is 19.0 Å². The lowest BCUT2D eigenvalue weighted by Gasteiger charge is -2.12. The molecule has 0 saturated heterocycles. The van der Waals surface area contributed by atoms with Crippen LogP contribution in [0.15, 0.2) is 36.4 Å². The maximum atomic E-state index is 12.8. The number of halogens is 1. The third kappa shape index (κ3) is 3.29. The molecular weight excluding hydrogens is 383 g/mol. The third-order valence-electron chi connectivity index (χ3n) is 3.06. The summed E-state index contributed by atoms with van der Waals surface area (Å²) in [4.78, 5) is 12.8. The molecule has 0 aromatic heterocycles. The smallest absolute Gasteiger partial charge is 0.200 e. The zero-order chi connectivity index (χ0) is 15.4. The Morgan fingerprint density at radius 1 is 0.857 bits per heavy atom. The van der Waals surface area contributed by atoms with E-state index < -0.39 is 0 Å². The van der Waals surface area contributed by atoms with E-state index in [2.05, 4.69) is 22.6 Å². The molecule has 0 fully saturated rings. The number of hydrogen-bond acceptors (Lipinski definition) is 4. The lowest BCUT2D eigenvalue weighted by atomic mass is 10.0. The molecule has 0 aliphatic carbocycles. The van der Waals surface area contributed by atoms with Crippen LogP contribution in [0.4, 0.5) is 0 Å². The van der Waals surface area contributed by atoms with Crippen molar-refractivity contribution in [3.05, 3.63) is 51.1 Å². The van der Waals surface area contributed by atoms with Gasteiger partial charge in [0.2, 0.25) is 5.78 Å². The molecule has 0 heterocycles. The maximum Gasteiger partial charge on any atom is 0.200 e. The molecule has 2 aromatic rings. The minimum absolute atomic E-state index is 0.148. The lowest BCUT2D eigenvalue weighted by Crippen LogP contribution is -2.06. The lowest BCUT2D eigenvalue weighted by molar-refractivity contribution is 0.103. The highest BCUT2D eigenvalue weighted by Crippen LogP contribution is 2.30. The Balaban J connectivity index is 2.52. The normalized spacial score (nSPS) is 10.1. The first-order valence-electron chi connectivity index (χ1n) is 6.21. The van der Waals surface area contributed by atoms with Gasteiger partial charge in [0.15, 0.2) is 0 Å². The number of benzene rings is 2. The second-order valence-electron chi connectivity index (χ2n) is 4.24. The Morgan fingerprint density at radius 2 is 1.57 bits per heavy atom. The molecule has 5 heteroatoms. The van der Waals surface area contributed by atoms with Crippen LogP contribution >= 0.6 is 22.6 Å². The van der Waals surface area contributed by atoms with Crippen molar-refractivity contribution in [3.63, 3.8) is 0 Å². The fourth-order valence-corrected chi connectivity index (χ4v) is 2.48. The number of methoxy groups -OCH3 is 3. The molecule has 0 aliphatic rings. The summed E-state index contributed by atoms with van der Waals surface area (Å²) in [5.74, 6) is 1.50. The highest BCUT2D eigenvalue weighted by atomic mass is 127. The zero-order valence-corrected chi connectivity index (χ0v) is 14.1. The fourth-order valence-electron chi connectivity index (χ4n) is 1.99. The summed E-state index contributed by atoms with van der Waals surface area (Å²) in [7, 11) is 4.64. The van der Waals surface area contributed by atoms with Crippen LogP contribution in [0.25, 0.3) is 0 Å². The van der Waals surface area contributed by atoms with Crippen LogP contribution in [0.1, 0.15) is 15.9 Å². The van der Waals surface area contributed by atoms with E-state index in [1.165, 1.54) is 7.11 Å². The summed E-state index contributed by atoms with van der Waals surface area (Å²) in [6.07, 6.45) is 0. The van der Waals surface area contributed by atoms with E-state index in [9.17, 15) is 4.79 Å². The fraction of sp³-hybridized carbons (Fsp3) is 0.188. The van der Waals surface area contributed by atoms with Gasteiger partial charge >= 0.3 is 0 Å². The molecule has 0 spiro atoms. The minimum atomic E-state index is -0.148. The summed E-state index contributed by atoms with van der Waals surface area (Å²) in [6.45, 7) is 0. The van der Waals surface area contributed by atoms with Crippen molar-refractivity contribution in [2.75, 3.05) is 21.3 Å². The van der Waals surface area contributed by atoms with Gasteiger partial charge in [0.05, 0.1) is 32.5 Å². The summed E-state index contributed by atoms with van der Waals surface area (Å²) in [5.41, 5.74) is 0.978. The molecule has 0 aliphatic heterocycles. The minimum Gasteiger partial charge on any atom is -0.497 e. The molecule has 0 atom stereocenters. The van der Waals surface area contributed by atoms with Gasteiger partial charge in [-0.15, -0.1) is 0 Å². The predicted molar refractivity (Wildman–Crippen MR) is 88.7 cm³/mol. The Labute approximate surface area is 137 Å². The molecule has 4 nitrogen and oxygen atoms in total. The molecule has 0 amide bonds. The quantitative estimate of drug-likeness (QED) is 0.571. The van der Waals surface area contributed by atoms with E-state index in [1.807, 2.05) is 6.07 Å². The van der Waals surface area contributed by atoms with Gasteiger partial charge in [-0.1, -0.05) is 0 Å². The summed E-state index contributed by atoms with van der Waals surface area (Å²) < 4.78 is 16.7.